The van der Waals surface area contributed by atoms with Crippen LogP contribution < -0.4 is 5.73 Å². The van der Waals surface area contributed by atoms with Crippen LogP contribution >= 0.6 is 0 Å². The maximum absolute atomic E-state index is 13.0. The van der Waals surface area contributed by atoms with E-state index < -0.39 is 0 Å². The lowest BCUT2D eigenvalue weighted by atomic mass is 10.1. The first-order chi connectivity index (χ1) is 9.78. The number of aromatic amines is 1. The van der Waals surface area contributed by atoms with Crippen molar-refractivity contribution < 1.29 is 4.39 Å². The molecule has 1 aliphatic rings. The third-order valence-electron chi connectivity index (χ3n) is 3.69. The van der Waals surface area contributed by atoms with E-state index in [0.717, 1.165) is 29.9 Å². The summed E-state index contributed by atoms with van der Waals surface area (Å²) in [6, 6.07) is 7.12. The van der Waals surface area contributed by atoms with Crippen molar-refractivity contribution >= 4 is 0 Å². The monoisotopic (exact) mass is 274 g/mol. The Hall–Kier alpha value is -1.72. The second kappa shape index (κ2) is 5.73. The van der Waals surface area contributed by atoms with E-state index in [2.05, 4.69) is 15.1 Å². The molecule has 3 N–H and O–H groups in total. The van der Waals surface area contributed by atoms with Crippen LogP contribution in [-0.4, -0.2) is 34.2 Å². The third kappa shape index (κ3) is 2.89. The standard InChI is InChI=1S/C15H19FN4/c16-13-3-1-11(2-4-13)15-12(9-18-19-15)10-20(8-7-17)14-5-6-14/h1-4,9,14H,5-8,10,17H2,(H,18,19). The zero-order valence-electron chi connectivity index (χ0n) is 11.3. The highest BCUT2D eigenvalue weighted by Crippen LogP contribution is 2.30. The summed E-state index contributed by atoms with van der Waals surface area (Å²) >= 11 is 0. The number of hydrogen-bond donors (Lipinski definition) is 2. The van der Waals surface area contributed by atoms with Gasteiger partial charge in [0.2, 0.25) is 0 Å². The van der Waals surface area contributed by atoms with Gasteiger partial charge in [0.15, 0.2) is 0 Å². The number of nitrogens with two attached hydrogens (primary N) is 1. The molecule has 2 aromatic rings. The molecule has 0 radical (unpaired) electrons. The lowest BCUT2D eigenvalue weighted by Gasteiger charge is -2.20. The SMILES string of the molecule is NCCN(Cc1c[nH]nc1-c1ccc(F)cc1)C1CC1. The van der Waals surface area contributed by atoms with Crippen LogP contribution in [-0.2, 0) is 6.54 Å². The van der Waals surface area contributed by atoms with E-state index in [0.29, 0.717) is 12.6 Å². The van der Waals surface area contributed by atoms with E-state index in [9.17, 15) is 4.39 Å². The van der Waals surface area contributed by atoms with E-state index in [4.69, 9.17) is 5.73 Å². The summed E-state index contributed by atoms with van der Waals surface area (Å²) in [4.78, 5) is 2.40. The number of aromatic nitrogens is 2. The average molecular weight is 274 g/mol. The van der Waals surface area contributed by atoms with Crippen LogP contribution in [0.2, 0.25) is 0 Å². The van der Waals surface area contributed by atoms with Crippen LogP contribution in [0, 0.1) is 5.82 Å². The van der Waals surface area contributed by atoms with E-state index >= 15 is 0 Å². The molecule has 0 spiro atoms. The van der Waals surface area contributed by atoms with Gasteiger partial charge >= 0.3 is 0 Å². The first-order valence-corrected chi connectivity index (χ1v) is 7.00. The van der Waals surface area contributed by atoms with Crippen molar-refractivity contribution in [2.75, 3.05) is 13.1 Å². The molecule has 0 amide bonds. The van der Waals surface area contributed by atoms with Gasteiger partial charge in [-0.25, -0.2) is 4.39 Å². The van der Waals surface area contributed by atoms with Crippen molar-refractivity contribution in [3.63, 3.8) is 0 Å². The lowest BCUT2D eigenvalue weighted by Crippen LogP contribution is -2.31. The van der Waals surface area contributed by atoms with Crippen LogP contribution in [0.4, 0.5) is 4.39 Å². The Morgan fingerprint density at radius 3 is 2.70 bits per heavy atom. The number of nitrogens with one attached hydrogen (secondary N) is 1. The molecular weight excluding hydrogens is 255 g/mol. The molecule has 3 rings (SSSR count). The number of H-pyrrole nitrogens is 1. The average Bonchev–Trinajstić information content (AvgIpc) is 3.20. The van der Waals surface area contributed by atoms with Gasteiger partial charge in [0.05, 0.1) is 5.69 Å². The zero-order chi connectivity index (χ0) is 13.9. The molecule has 0 unspecified atom stereocenters. The van der Waals surface area contributed by atoms with Crippen LogP contribution in [0.1, 0.15) is 18.4 Å². The molecule has 106 valence electrons. The number of nitrogens with zero attached hydrogens (tertiary/aromatic N) is 2. The van der Waals surface area contributed by atoms with E-state index in [1.54, 1.807) is 12.1 Å². The Morgan fingerprint density at radius 2 is 2.05 bits per heavy atom. The molecule has 0 bridgehead atoms. The van der Waals surface area contributed by atoms with Crippen LogP contribution in [0.15, 0.2) is 30.5 Å². The molecule has 0 atom stereocenters. The Labute approximate surface area is 117 Å². The number of hydrogen-bond acceptors (Lipinski definition) is 3. The lowest BCUT2D eigenvalue weighted by molar-refractivity contribution is 0.262. The maximum atomic E-state index is 13.0. The topological polar surface area (TPSA) is 57.9 Å². The van der Waals surface area contributed by atoms with Crippen molar-refractivity contribution in [3.8, 4) is 11.3 Å². The Kier molecular flexibility index (Phi) is 3.80. The summed E-state index contributed by atoms with van der Waals surface area (Å²) in [6.45, 7) is 2.41. The summed E-state index contributed by atoms with van der Waals surface area (Å²) in [6.07, 6.45) is 4.43. The van der Waals surface area contributed by atoms with E-state index in [-0.39, 0.29) is 5.82 Å². The minimum absolute atomic E-state index is 0.228. The molecule has 0 saturated heterocycles. The molecule has 1 aromatic carbocycles. The minimum Gasteiger partial charge on any atom is -0.329 e. The summed E-state index contributed by atoms with van der Waals surface area (Å²) in [5.41, 5.74) is 8.65. The summed E-state index contributed by atoms with van der Waals surface area (Å²) in [7, 11) is 0. The fourth-order valence-electron chi connectivity index (χ4n) is 2.51. The fraction of sp³-hybridized carbons (Fsp3) is 0.400. The fourth-order valence-corrected chi connectivity index (χ4v) is 2.51. The molecular formula is C15H19FN4. The first kappa shape index (κ1) is 13.3. The number of halogens is 1. The van der Waals surface area contributed by atoms with Gasteiger partial charge in [-0.3, -0.25) is 10.00 Å². The molecule has 20 heavy (non-hydrogen) atoms. The third-order valence-corrected chi connectivity index (χ3v) is 3.69. The van der Waals surface area contributed by atoms with Gasteiger partial charge in [0.25, 0.3) is 0 Å². The van der Waals surface area contributed by atoms with Crippen LogP contribution in [0.5, 0.6) is 0 Å². The van der Waals surface area contributed by atoms with Crippen molar-refractivity contribution in [1.29, 1.82) is 0 Å². The largest absolute Gasteiger partial charge is 0.329 e. The van der Waals surface area contributed by atoms with Crippen molar-refractivity contribution in [1.82, 2.24) is 15.1 Å². The molecule has 1 aliphatic carbocycles. The Bertz CT molecular complexity index is 560. The van der Waals surface area contributed by atoms with E-state index in [1.165, 1.54) is 25.0 Å². The van der Waals surface area contributed by atoms with Gasteiger partial charge in [-0.05, 0) is 37.1 Å². The molecule has 1 heterocycles. The smallest absolute Gasteiger partial charge is 0.123 e. The van der Waals surface area contributed by atoms with Crippen molar-refractivity contribution in [3.05, 3.63) is 41.8 Å². The van der Waals surface area contributed by atoms with Crippen molar-refractivity contribution in [2.45, 2.75) is 25.4 Å². The van der Waals surface area contributed by atoms with Gasteiger partial charge in [0.1, 0.15) is 5.82 Å². The van der Waals surface area contributed by atoms with Crippen LogP contribution in [0.3, 0.4) is 0 Å². The molecule has 1 aromatic heterocycles. The predicted octanol–water partition coefficient (Wildman–Crippen LogP) is 2.14. The molecule has 5 heteroatoms. The minimum atomic E-state index is -0.228. The van der Waals surface area contributed by atoms with Gasteiger partial charge in [-0.2, -0.15) is 5.10 Å². The Morgan fingerprint density at radius 1 is 1.30 bits per heavy atom. The highest BCUT2D eigenvalue weighted by molar-refractivity contribution is 5.62. The quantitative estimate of drug-likeness (QED) is 0.848. The Balaban J connectivity index is 1.80. The maximum Gasteiger partial charge on any atom is 0.123 e. The molecule has 0 aliphatic heterocycles. The second-order valence-corrected chi connectivity index (χ2v) is 5.26. The van der Waals surface area contributed by atoms with Gasteiger partial charge in [-0.1, -0.05) is 0 Å². The van der Waals surface area contributed by atoms with Crippen molar-refractivity contribution in [2.24, 2.45) is 5.73 Å². The first-order valence-electron chi connectivity index (χ1n) is 7.00. The van der Waals surface area contributed by atoms with Gasteiger partial charge in [0, 0.05) is 43.0 Å². The normalized spacial score (nSPS) is 14.9. The predicted molar refractivity (Wildman–Crippen MR) is 76.5 cm³/mol. The number of benzene rings is 1. The second-order valence-electron chi connectivity index (χ2n) is 5.26. The highest BCUT2D eigenvalue weighted by atomic mass is 19.1. The molecule has 1 fully saturated rings. The van der Waals surface area contributed by atoms with E-state index in [1.807, 2.05) is 6.20 Å². The molecule has 4 nitrogen and oxygen atoms in total. The number of rotatable bonds is 6. The van der Waals surface area contributed by atoms with Gasteiger partial charge in [-0.15, -0.1) is 0 Å². The molecule has 1 saturated carbocycles. The van der Waals surface area contributed by atoms with Gasteiger partial charge < -0.3 is 5.73 Å². The summed E-state index contributed by atoms with van der Waals surface area (Å²) in [5.74, 6) is -0.228. The zero-order valence-corrected chi connectivity index (χ0v) is 11.3. The van der Waals surface area contributed by atoms with Crippen LogP contribution in [0.25, 0.3) is 11.3 Å². The highest BCUT2D eigenvalue weighted by Gasteiger charge is 2.29. The summed E-state index contributed by atoms with van der Waals surface area (Å²) in [5, 5.41) is 7.22. The summed E-state index contributed by atoms with van der Waals surface area (Å²) < 4.78 is 13.0.